The number of nitrogens with one attached hydrogen (secondary N) is 3. The number of rotatable bonds is 10. The Hall–Kier alpha value is -2.62. The lowest BCUT2D eigenvalue weighted by Crippen LogP contribution is -2.62. The fourth-order valence-corrected chi connectivity index (χ4v) is 5.65. The number of nitrogens with zero attached hydrogens (tertiary/aromatic N) is 1. The van der Waals surface area contributed by atoms with Crippen LogP contribution in [0.5, 0.6) is 0 Å². The molecule has 1 saturated carbocycles. The van der Waals surface area contributed by atoms with Crippen LogP contribution in [0.3, 0.4) is 0 Å². The maximum absolute atomic E-state index is 13.7. The topological polar surface area (TPSA) is 154 Å². The summed E-state index contributed by atoms with van der Waals surface area (Å²) in [6, 6.07) is -3.37. The first-order valence-corrected chi connectivity index (χ1v) is 12.3. The van der Waals surface area contributed by atoms with E-state index in [9.17, 15) is 24.3 Å². The number of primary amides is 1. The molecule has 0 radical (unpaired) electrons. The van der Waals surface area contributed by atoms with Crippen LogP contribution in [0.1, 0.15) is 61.3 Å². The molecule has 198 valence electrons. The summed E-state index contributed by atoms with van der Waals surface area (Å²) in [7, 11) is 0. The van der Waals surface area contributed by atoms with E-state index in [0.717, 1.165) is 0 Å². The molecule has 1 aliphatic carbocycles. The molecule has 0 aromatic carbocycles. The maximum Gasteiger partial charge on any atom is 0.312 e. The maximum atomic E-state index is 13.7. The van der Waals surface area contributed by atoms with Crippen LogP contribution in [0.2, 0.25) is 0 Å². The molecule has 0 bridgehead atoms. The Morgan fingerprint density at radius 3 is 2.29 bits per heavy atom. The molecule has 4 unspecified atom stereocenters. The first-order chi connectivity index (χ1) is 16.0. The van der Waals surface area contributed by atoms with Gasteiger partial charge in [0.25, 0.3) is 5.91 Å². The van der Waals surface area contributed by atoms with E-state index in [-0.39, 0.29) is 23.8 Å². The van der Waals surface area contributed by atoms with Crippen molar-refractivity contribution in [3.8, 4) is 0 Å². The number of hydrogen-bond acceptors (Lipinski definition) is 5. The summed E-state index contributed by atoms with van der Waals surface area (Å²) in [6.07, 6.45) is 1.07. The van der Waals surface area contributed by atoms with Crippen LogP contribution < -0.4 is 21.7 Å². The van der Waals surface area contributed by atoms with Crippen molar-refractivity contribution in [1.29, 1.82) is 0 Å². The number of carbonyl (C=O) groups excluding carboxylic acids is 4. The predicted octanol–water partition coefficient (Wildman–Crippen LogP) is 0.891. The summed E-state index contributed by atoms with van der Waals surface area (Å²) >= 11 is 0. The van der Waals surface area contributed by atoms with E-state index in [4.69, 9.17) is 5.73 Å². The molecule has 6 atom stereocenters. The van der Waals surface area contributed by atoms with E-state index < -0.39 is 52.9 Å². The van der Waals surface area contributed by atoms with Gasteiger partial charge in [-0.1, -0.05) is 61.0 Å². The Labute approximate surface area is 208 Å². The minimum atomic E-state index is -1.45. The lowest BCUT2D eigenvalue weighted by atomic mass is 9.84. The van der Waals surface area contributed by atoms with Crippen LogP contribution in [0, 0.1) is 22.2 Å². The van der Waals surface area contributed by atoms with Crippen molar-refractivity contribution in [3.63, 3.8) is 0 Å². The van der Waals surface area contributed by atoms with Gasteiger partial charge in [0.2, 0.25) is 11.8 Å². The minimum Gasteiger partial charge on any atom is -0.381 e. The molecule has 2 rings (SSSR count). The van der Waals surface area contributed by atoms with Crippen molar-refractivity contribution in [2.45, 2.75) is 85.5 Å². The zero-order valence-corrected chi connectivity index (χ0v) is 22.1. The molecule has 2 aliphatic rings. The van der Waals surface area contributed by atoms with Gasteiger partial charge in [0.15, 0.2) is 6.10 Å². The summed E-state index contributed by atoms with van der Waals surface area (Å²) in [6.45, 7) is 17.6. The molecule has 10 nitrogen and oxygen atoms in total. The van der Waals surface area contributed by atoms with Crippen LogP contribution in [0.15, 0.2) is 12.7 Å². The summed E-state index contributed by atoms with van der Waals surface area (Å²) in [5.41, 5.74) is 4.04. The minimum absolute atomic E-state index is 0.0920. The number of carbonyl (C=O) groups is 4. The molecule has 2 fully saturated rings. The van der Waals surface area contributed by atoms with Gasteiger partial charge in [0, 0.05) is 18.5 Å². The summed E-state index contributed by atoms with van der Waals surface area (Å²) in [5.74, 6) is -1.31. The summed E-state index contributed by atoms with van der Waals surface area (Å²) < 4.78 is 0. The van der Waals surface area contributed by atoms with Gasteiger partial charge in [-0.05, 0) is 23.2 Å². The first-order valence-electron chi connectivity index (χ1n) is 12.3. The van der Waals surface area contributed by atoms with Crippen molar-refractivity contribution in [2.75, 3.05) is 13.1 Å². The molecule has 0 aromatic rings. The third-order valence-electron chi connectivity index (χ3n) is 8.09. The number of amides is 5. The highest BCUT2D eigenvalue weighted by Crippen LogP contribution is 2.74. The molecule has 6 N–H and O–H groups in total. The molecule has 1 heterocycles. The second-order valence-electron chi connectivity index (χ2n) is 11.6. The van der Waals surface area contributed by atoms with Gasteiger partial charge >= 0.3 is 6.03 Å². The van der Waals surface area contributed by atoms with Crippen LogP contribution in [-0.2, 0) is 14.4 Å². The molecule has 10 heteroatoms. The third-order valence-corrected chi connectivity index (χ3v) is 8.09. The van der Waals surface area contributed by atoms with Gasteiger partial charge in [0.1, 0.15) is 12.1 Å². The predicted molar refractivity (Wildman–Crippen MR) is 133 cm³/mol. The second kappa shape index (κ2) is 10.2. The number of hydrogen-bond donors (Lipinski definition) is 5. The lowest BCUT2D eigenvalue weighted by molar-refractivity contribution is -0.146. The van der Waals surface area contributed by atoms with Crippen molar-refractivity contribution < 1.29 is 24.3 Å². The average molecular weight is 494 g/mol. The zero-order chi connectivity index (χ0) is 26.9. The molecule has 1 aliphatic heterocycles. The third kappa shape index (κ3) is 5.32. The summed E-state index contributed by atoms with van der Waals surface area (Å²) in [5, 5.41) is 18.6. The molecular weight excluding hydrogens is 450 g/mol. The average Bonchev–Trinajstić information content (AvgIpc) is 3.02. The van der Waals surface area contributed by atoms with E-state index in [2.05, 4.69) is 36.4 Å². The monoisotopic (exact) mass is 493 g/mol. The Kier molecular flexibility index (Phi) is 8.31. The Morgan fingerprint density at radius 2 is 1.80 bits per heavy atom. The van der Waals surface area contributed by atoms with Gasteiger partial charge in [0.05, 0.1) is 6.04 Å². The van der Waals surface area contributed by atoms with E-state index in [0.29, 0.717) is 19.4 Å². The number of piperidine rings is 1. The Morgan fingerprint density at radius 1 is 1.20 bits per heavy atom. The Balaban J connectivity index is 2.35. The van der Waals surface area contributed by atoms with Gasteiger partial charge in [-0.15, -0.1) is 6.58 Å². The second-order valence-corrected chi connectivity index (χ2v) is 11.6. The van der Waals surface area contributed by atoms with Crippen LogP contribution in [-0.4, -0.2) is 71.1 Å². The summed E-state index contributed by atoms with van der Waals surface area (Å²) in [4.78, 5) is 53.0. The van der Waals surface area contributed by atoms with Crippen molar-refractivity contribution in [1.82, 2.24) is 20.9 Å². The van der Waals surface area contributed by atoms with E-state index in [1.165, 1.54) is 11.0 Å². The molecule has 1 saturated heterocycles. The van der Waals surface area contributed by atoms with Crippen LogP contribution >= 0.6 is 0 Å². The molecule has 0 spiro atoms. The highest BCUT2D eigenvalue weighted by molar-refractivity contribution is 5.94. The highest BCUT2D eigenvalue weighted by atomic mass is 16.3. The molecule has 5 amide bonds. The fourth-order valence-electron chi connectivity index (χ4n) is 5.65. The van der Waals surface area contributed by atoms with Gasteiger partial charge in [-0.25, -0.2) is 4.79 Å². The fraction of sp³-hybridized carbons (Fsp3) is 0.760. The Bertz CT molecular complexity index is 867. The standard InChI is InChI=1S/C25H43N5O5/c1-9-11-14(16(31)19(32)27-12-10-2)28-20(33)18-25(8)15(24(25,6)7)13-30(18)21(34)17(23(3,4)5)29-22(26)35/h10,14-18,31H,2,9,11-13H2,1,3-8H3,(H,27,32)(H,28,33)(H3,26,29,35)/t14?,15?,16?,17-,18-,25?/m1/s1. The number of likely N-dealkylation sites (tertiary alicyclic amines) is 1. The normalized spacial score (nSPS) is 27.1. The van der Waals surface area contributed by atoms with Crippen LogP contribution in [0.4, 0.5) is 4.79 Å². The van der Waals surface area contributed by atoms with E-state index >= 15 is 0 Å². The number of nitrogens with two attached hydrogens (primary N) is 1. The van der Waals surface area contributed by atoms with Crippen molar-refractivity contribution >= 4 is 23.8 Å². The van der Waals surface area contributed by atoms with Crippen LogP contribution in [0.25, 0.3) is 0 Å². The lowest BCUT2D eigenvalue weighted by Gasteiger charge is -2.39. The number of fused-ring (bicyclic) bond motifs is 1. The van der Waals surface area contributed by atoms with Crippen molar-refractivity contribution in [3.05, 3.63) is 12.7 Å². The highest BCUT2D eigenvalue weighted by Gasteiger charge is 2.78. The molecule has 0 aromatic heterocycles. The smallest absolute Gasteiger partial charge is 0.312 e. The van der Waals surface area contributed by atoms with Gasteiger partial charge < -0.3 is 31.7 Å². The molecule has 35 heavy (non-hydrogen) atoms. The van der Waals surface area contributed by atoms with Gasteiger partial charge in [-0.2, -0.15) is 0 Å². The van der Waals surface area contributed by atoms with Gasteiger partial charge in [-0.3, -0.25) is 14.4 Å². The largest absolute Gasteiger partial charge is 0.381 e. The SMILES string of the molecule is C=CCNC(=O)C(O)C(CCC)NC(=O)[C@H]1N(C(=O)[C@@H](NC(N)=O)C(C)(C)C)CC2C(C)(C)C21C. The number of aliphatic hydroxyl groups excluding tert-OH is 1. The van der Waals surface area contributed by atoms with Crippen molar-refractivity contribution in [2.24, 2.45) is 27.9 Å². The number of urea groups is 1. The molecular formula is C25H43N5O5. The quantitative estimate of drug-likeness (QED) is 0.286. The van der Waals surface area contributed by atoms with E-state index in [1.54, 1.807) is 0 Å². The first kappa shape index (κ1) is 28.6. The number of aliphatic hydroxyl groups is 1. The zero-order valence-electron chi connectivity index (χ0n) is 22.1. The van der Waals surface area contributed by atoms with E-state index in [1.807, 2.05) is 34.6 Å².